The minimum Gasteiger partial charge on any atom is -0.496 e. The molecule has 1 heterocycles. The van der Waals surface area contributed by atoms with E-state index in [1.165, 1.54) is 7.11 Å². The summed E-state index contributed by atoms with van der Waals surface area (Å²) in [5, 5.41) is 6.56. The Labute approximate surface area is 178 Å². The van der Waals surface area contributed by atoms with E-state index < -0.39 is 5.63 Å². The van der Waals surface area contributed by atoms with Gasteiger partial charge in [0.15, 0.2) is 0 Å². The van der Waals surface area contributed by atoms with Gasteiger partial charge in [-0.05, 0) is 36.4 Å². The van der Waals surface area contributed by atoms with Crippen molar-refractivity contribution in [2.24, 2.45) is 0 Å². The first-order valence-corrected chi connectivity index (χ1v) is 9.59. The minimum absolute atomic E-state index is 0.268. The molecular weight excluding hydrogens is 392 g/mol. The second-order valence-electron chi connectivity index (χ2n) is 6.82. The Morgan fingerprint density at radius 3 is 2.45 bits per heavy atom. The summed E-state index contributed by atoms with van der Waals surface area (Å²) in [6.07, 6.45) is 0. The molecule has 0 radical (unpaired) electrons. The molecule has 1 amide bonds. The molecule has 4 aromatic rings. The number of hydrogen-bond acceptors (Lipinski definition) is 5. The van der Waals surface area contributed by atoms with Crippen molar-refractivity contribution in [3.63, 3.8) is 0 Å². The first-order valence-electron chi connectivity index (χ1n) is 9.59. The number of ether oxygens (including phenoxy) is 1. The monoisotopic (exact) mass is 412 g/mol. The van der Waals surface area contributed by atoms with E-state index in [1.807, 2.05) is 24.3 Å². The summed E-state index contributed by atoms with van der Waals surface area (Å²) >= 11 is 0. The van der Waals surface area contributed by atoms with Gasteiger partial charge in [0.1, 0.15) is 17.2 Å². The van der Waals surface area contributed by atoms with Crippen LogP contribution in [-0.2, 0) is 0 Å². The zero-order chi connectivity index (χ0) is 21.8. The molecule has 6 heteroatoms. The molecule has 6 nitrogen and oxygen atoms in total. The fourth-order valence-corrected chi connectivity index (χ4v) is 3.25. The van der Waals surface area contributed by atoms with Gasteiger partial charge in [-0.15, -0.1) is 0 Å². The van der Waals surface area contributed by atoms with Crippen LogP contribution in [0.25, 0.3) is 22.1 Å². The van der Waals surface area contributed by atoms with Crippen molar-refractivity contribution in [2.45, 2.75) is 0 Å². The van der Waals surface area contributed by atoms with E-state index in [0.29, 0.717) is 39.5 Å². The Hall–Kier alpha value is -4.32. The average molecular weight is 412 g/mol. The maximum absolute atomic E-state index is 12.5. The number of anilines is 1. The zero-order valence-electron chi connectivity index (χ0n) is 16.8. The fraction of sp³-hybridized carbons (Fsp3) is 0.0400. The lowest BCUT2D eigenvalue weighted by Gasteiger charge is -2.14. The Bertz CT molecular complexity index is 1330. The third-order valence-corrected chi connectivity index (χ3v) is 4.73. The molecule has 0 atom stereocenters. The Morgan fingerprint density at radius 1 is 0.935 bits per heavy atom. The van der Waals surface area contributed by atoms with Gasteiger partial charge < -0.3 is 19.8 Å². The number of rotatable bonds is 6. The third kappa shape index (κ3) is 4.33. The van der Waals surface area contributed by atoms with Gasteiger partial charge in [0.05, 0.1) is 12.7 Å². The topological polar surface area (TPSA) is 80.6 Å². The number of benzene rings is 3. The van der Waals surface area contributed by atoms with E-state index >= 15 is 0 Å². The van der Waals surface area contributed by atoms with Crippen LogP contribution in [0.5, 0.6) is 5.75 Å². The molecule has 0 aliphatic heterocycles. The highest BCUT2D eigenvalue weighted by Gasteiger charge is 2.14. The predicted molar refractivity (Wildman–Crippen MR) is 121 cm³/mol. The Kier molecular flexibility index (Phi) is 5.53. The lowest BCUT2D eigenvalue weighted by atomic mass is 10.0. The first kappa shape index (κ1) is 20.0. The van der Waals surface area contributed by atoms with Crippen LogP contribution < -0.4 is 21.0 Å². The van der Waals surface area contributed by atoms with E-state index in [2.05, 4.69) is 17.2 Å². The number of amides is 1. The molecule has 0 aliphatic carbocycles. The Balaban J connectivity index is 1.57. The van der Waals surface area contributed by atoms with E-state index in [4.69, 9.17) is 9.15 Å². The summed E-state index contributed by atoms with van der Waals surface area (Å²) in [6.45, 7) is 3.85. The van der Waals surface area contributed by atoms with Crippen molar-refractivity contribution >= 4 is 22.6 Å². The van der Waals surface area contributed by atoms with Gasteiger partial charge in [-0.1, -0.05) is 43.0 Å². The van der Waals surface area contributed by atoms with Crippen molar-refractivity contribution in [1.29, 1.82) is 0 Å². The van der Waals surface area contributed by atoms with Crippen molar-refractivity contribution in [3.8, 4) is 16.9 Å². The number of nitrogens with one attached hydrogen (secondary N) is 2. The number of methoxy groups -OCH3 is 1. The molecule has 0 saturated heterocycles. The van der Waals surface area contributed by atoms with Gasteiger partial charge in [0.25, 0.3) is 5.91 Å². The third-order valence-electron chi connectivity index (χ3n) is 4.73. The smallest absolute Gasteiger partial charge is 0.344 e. The van der Waals surface area contributed by atoms with Crippen LogP contribution in [0.1, 0.15) is 10.4 Å². The molecule has 0 aliphatic rings. The molecule has 0 fully saturated rings. The van der Waals surface area contributed by atoms with Gasteiger partial charge in [-0.25, -0.2) is 4.79 Å². The van der Waals surface area contributed by atoms with Crippen LogP contribution in [0, 0.1) is 0 Å². The van der Waals surface area contributed by atoms with Crippen molar-refractivity contribution < 1.29 is 13.9 Å². The summed E-state index contributed by atoms with van der Waals surface area (Å²) in [5.74, 6) is 0.527. The van der Waals surface area contributed by atoms with Crippen molar-refractivity contribution in [2.75, 3.05) is 12.4 Å². The molecule has 0 saturated carbocycles. The van der Waals surface area contributed by atoms with Gasteiger partial charge in [0.2, 0.25) is 0 Å². The summed E-state index contributed by atoms with van der Waals surface area (Å²) in [5.41, 5.74) is 2.26. The molecule has 0 bridgehead atoms. The van der Waals surface area contributed by atoms with Crippen LogP contribution in [0.4, 0.5) is 5.69 Å². The standard InChI is InChI=1S/C25H20N2O4/c1-16(27-24(28)17-8-4-3-5-9-17)26-19-12-13-20(23(15-19)30-2)21-14-18-10-6-7-11-22(18)31-25(21)29/h3-15,26H,1H2,2H3,(H,27,28). The number of carbonyl (C=O) groups is 1. The van der Waals surface area contributed by atoms with E-state index in [1.54, 1.807) is 54.6 Å². The van der Waals surface area contributed by atoms with Gasteiger partial charge in [0, 0.05) is 28.3 Å². The molecule has 31 heavy (non-hydrogen) atoms. The SMILES string of the molecule is C=C(NC(=O)c1ccccc1)Nc1ccc(-c2cc3ccccc3oc2=O)c(OC)c1. The first-order chi connectivity index (χ1) is 15.0. The van der Waals surface area contributed by atoms with Crippen LogP contribution in [0.15, 0.2) is 100 Å². The minimum atomic E-state index is -0.447. The second-order valence-corrected chi connectivity index (χ2v) is 6.82. The van der Waals surface area contributed by atoms with Crippen molar-refractivity contribution in [3.05, 3.63) is 107 Å². The number of hydrogen-bond donors (Lipinski definition) is 2. The van der Waals surface area contributed by atoms with Gasteiger partial charge in [-0.2, -0.15) is 0 Å². The van der Waals surface area contributed by atoms with Crippen molar-refractivity contribution in [1.82, 2.24) is 5.32 Å². The normalized spacial score (nSPS) is 10.5. The molecule has 3 aromatic carbocycles. The van der Waals surface area contributed by atoms with Gasteiger partial charge >= 0.3 is 5.63 Å². The lowest BCUT2D eigenvalue weighted by molar-refractivity contribution is 0.0966. The molecule has 2 N–H and O–H groups in total. The van der Waals surface area contributed by atoms with E-state index in [0.717, 1.165) is 5.39 Å². The predicted octanol–water partition coefficient (Wildman–Crippen LogP) is 4.78. The van der Waals surface area contributed by atoms with E-state index in [-0.39, 0.29) is 5.91 Å². The molecule has 0 unspecified atom stereocenters. The van der Waals surface area contributed by atoms with Crippen LogP contribution in [0.2, 0.25) is 0 Å². The summed E-state index contributed by atoms with van der Waals surface area (Å²) in [6, 6.07) is 23.2. The highest BCUT2D eigenvalue weighted by molar-refractivity contribution is 5.95. The average Bonchev–Trinajstić information content (AvgIpc) is 2.79. The number of para-hydroxylation sites is 1. The molecule has 154 valence electrons. The quantitative estimate of drug-likeness (QED) is 0.446. The fourth-order valence-electron chi connectivity index (χ4n) is 3.25. The summed E-state index contributed by atoms with van der Waals surface area (Å²) < 4.78 is 10.9. The highest BCUT2D eigenvalue weighted by Crippen LogP contribution is 2.32. The second kappa shape index (κ2) is 8.59. The van der Waals surface area contributed by atoms with Crippen LogP contribution in [0.3, 0.4) is 0 Å². The van der Waals surface area contributed by atoms with Crippen LogP contribution in [-0.4, -0.2) is 13.0 Å². The lowest BCUT2D eigenvalue weighted by Crippen LogP contribution is -2.26. The summed E-state index contributed by atoms with van der Waals surface area (Å²) in [7, 11) is 1.53. The number of carbonyl (C=O) groups excluding carboxylic acids is 1. The molecular formula is C25H20N2O4. The zero-order valence-corrected chi connectivity index (χ0v) is 16.8. The largest absolute Gasteiger partial charge is 0.496 e. The number of fused-ring (bicyclic) bond motifs is 1. The van der Waals surface area contributed by atoms with Crippen LogP contribution >= 0.6 is 0 Å². The van der Waals surface area contributed by atoms with E-state index in [9.17, 15) is 9.59 Å². The Morgan fingerprint density at radius 2 is 1.68 bits per heavy atom. The maximum atomic E-state index is 12.5. The maximum Gasteiger partial charge on any atom is 0.344 e. The summed E-state index contributed by atoms with van der Waals surface area (Å²) in [4.78, 5) is 24.8. The molecule has 1 aromatic heterocycles. The molecule has 0 spiro atoms. The highest BCUT2D eigenvalue weighted by atomic mass is 16.5. The van der Waals surface area contributed by atoms with Gasteiger partial charge in [-0.3, -0.25) is 4.79 Å². The molecule has 4 rings (SSSR count).